The van der Waals surface area contributed by atoms with E-state index in [9.17, 15) is 4.79 Å². The number of ketones is 1. The van der Waals surface area contributed by atoms with Gasteiger partial charge in [0.15, 0.2) is 5.78 Å². The van der Waals surface area contributed by atoms with Crippen LogP contribution in [0.15, 0.2) is 24.4 Å². The summed E-state index contributed by atoms with van der Waals surface area (Å²) in [5.41, 5.74) is 4.77. The Bertz CT molecular complexity index is 1340. The second-order valence-corrected chi connectivity index (χ2v) is 12.0. The van der Waals surface area contributed by atoms with Crippen LogP contribution in [0.1, 0.15) is 39.5 Å². The SMILES string of the molecule is Cc1nc2c(s1)N(C)c1nc(Nc3ccc(N4CCC(N5CCN(C)CC5)CC4)cc3C)ncc1CC2=O. The van der Waals surface area contributed by atoms with E-state index in [2.05, 4.69) is 62.2 Å². The molecular weight excluding hydrogens is 496 g/mol. The van der Waals surface area contributed by atoms with Gasteiger partial charge in [0.25, 0.3) is 0 Å². The summed E-state index contributed by atoms with van der Waals surface area (Å²) in [7, 11) is 4.16. The van der Waals surface area contributed by atoms with Gasteiger partial charge in [-0.1, -0.05) is 0 Å². The molecule has 9 nitrogen and oxygen atoms in total. The van der Waals surface area contributed by atoms with E-state index in [-0.39, 0.29) is 12.2 Å². The van der Waals surface area contributed by atoms with Crippen molar-refractivity contribution < 1.29 is 4.79 Å². The number of Topliss-reactive ketones (excluding diaryl/α,β-unsaturated/α-hetero) is 1. The zero-order valence-electron chi connectivity index (χ0n) is 22.7. The summed E-state index contributed by atoms with van der Waals surface area (Å²) in [5, 5.41) is 5.13. The Hall–Kier alpha value is -3.08. The van der Waals surface area contributed by atoms with E-state index in [1.807, 2.05) is 18.9 Å². The molecule has 2 fully saturated rings. The quantitative estimate of drug-likeness (QED) is 0.536. The standard InChI is InChI=1S/C28H36N8OS/c1-18-15-22(35-9-7-21(8-10-35)36-13-11-33(3)12-14-36)5-6-23(18)31-28-29-17-20-16-24(37)25-27(38-19(2)30-25)34(4)26(20)32-28/h5-6,15,17,21H,7-14,16H2,1-4H3,(H,29,31,32). The van der Waals surface area contributed by atoms with Crippen LogP contribution in [0.5, 0.6) is 0 Å². The Morgan fingerprint density at radius 1 is 1.00 bits per heavy atom. The molecule has 0 bridgehead atoms. The van der Waals surface area contributed by atoms with Gasteiger partial charge in [0, 0.05) is 81.9 Å². The third-order valence-corrected chi connectivity index (χ3v) is 9.18. The number of rotatable bonds is 4. The fourth-order valence-corrected chi connectivity index (χ4v) is 6.73. The average molecular weight is 533 g/mol. The molecule has 0 unspecified atom stereocenters. The van der Waals surface area contributed by atoms with Crippen LogP contribution in [-0.2, 0) is 6.42 Å². The van der Waals surface area contributed by atoms with Gasteiger partial charge in [0.2, 0.25) is 5.95 Å². The lowest BCUT2D eigenvalue weighted by Gasteiger charge is -2.42. The molecule has 2 aromatic heterocycles. The number of aryl methyl sites for hydroxylation is 2. The Labute approximate surface area is 228 Å². The first-order valence-electron chi connectivity index (χ1n) is 13.5. The van der Waals surface area contributed by atoms with Gasteiger partial charge >= 0.3 is 0 Å². The number of anilines is 5. The number of fused-ring (bicyclic) bond motifs is 2. The second kappa shape index (κ2) is 10.2. The molecule has 0 atom stereocenters. The van der Waals surface area contributed by atoms with Crippen molar-refractivity contribution in [2.24, 2.45) is 0 Å². The number of nitrogens with zero attached hydrogens (tertiary/aromatic N) is 7. The molecule has 10 heteroatoms. The molecule has 3 aliphatic rings. The fraction of sp³-hybridized carbons (Fsp3) is 0.500. The molecule has 0 aliphatic carbocycles. The topological polar surface area (TPSA) is 80.7 Å². The molecule has 6 rings (SSSR count). The summed E-state index contributed by atoms with van der Waals surface area (Å²) >= 11 is 1.52. The number of carbonyl (C=O) groups is 1. The Kier molecular flexibility index (Phi) is 6.79. The number of aromatic nitrogens is 3. The van der Waals surface area contributed by atoms with E-state index in [4.69, 9.17) is 4.98 Å². The van der Waals surface area contributed by atoms with Crippen LogP contribution in [0.3, 0.4) is 0 Å². The number of likely N-dealkylation sites (N-methyl/N-ethyl adjacent to an activating group) is 1. The molecule has 3 aromatic rings. The van der Waals surface area contributed by atoms with E-state index in [0.29, 0.717) is 17.7 Å². The van der Waals surface area contributed by atoms with Crippen LogP contribution in [0.25, 0.3) is 0 Å². The number of piperazine rings is 1. The van der Waals surface area contributed by atoms with Crippen LogP contribution in [-0.4, -0.2) is 89.9 Å². The van der Waals surface area contributed by atoms with Crippen molar-refractivity contribution in [1.29, 1.82) is 0 Å². The number of hydrogen-bond acceptors (Lipinski definition) is 10. The van der Waals surface area contributed by atoms with Gasteiger partial charge in [0.1, 0.15) is 16.5 Å². The molecule has 0 amide bonds. The summed E-state index contributed by atoms with van der Waals surface area (Å²) in [6.07, 6.45) is 4.47. The van der Waals surface area contributed by atoms with Gasteiger partial charge in [-0.05, 0) is 57.5 Å². The molecule has 3 aliphatic heterocycles. The van der Waals surface area contributed by atoms with Crippen LogP contribution in [0.4, 0.5) is 28.1 Å². The minimum atomic E-state index is 0.0123. The number of benzene rings is 1. The van der Waals surface area contributed by atoms with Crippen LogP contribution < -0.4 is 15.1 Å². The van der Waals surface area contributed by atoms with Crippen LogP contribution in [0, 0.1) is 13.8 Å². The maximum absolute atomic E-state index is 12.8. The fourth-order valence-electron chi connectivity index (χ4n) is 5.83. The normalized spacial score (nSPS) is 19.3. The first-order valence-corrected chi connectivity index (χ1v) is 14.3. The zero-order valence-corrected chi connectivity index (χ0v) is 23.5. The molecule has 38 heavy (non-hydrogen) atoms. The van der Waals surface area contributed by atoms with E-state index in [0.717, 1.165) is 45.7 Å². The van der Waals surface area contributed by atoms with Gasteiger partial charge in [-0.2, -0.15) is 4.98 Å². The number of hydrogen-bond donors (Lipinski definition) is 1. The molecule has 200 valence electrons. The lowest BCUT2D eigenvalue weighted by atomic mass is 10.0. The number of carbonyl (C=O) groups excluding carboxylic acids is 1. The predicted molar refractivity (Wildman–Crippen MR) is 154 cm³/mol. The van der Waals surface area contributed by atoms with E-state index >= 15 is 0 Å². The minimum absolute atomic E-state index is 0.0123. The van der Waals surface area contributed by atoms with Gasteiger partial charge in [0.05, 0.1) is 5.01 Å². The summed E-state index contributed by atoms with van der Waals surface area (Å²) in [4.78, 5) is 36.2. The highest BCUT2D eigenvalue weighted by Gasteiger charge is 2.29. The summed E-state index contributed by atoms with van der Waals surface area (Å²) in [6.45, 7) is 11.0. The summed E-state index contributed by atoms with van der Waals surface area (Å²) in [5.74, 6) is 1.28. The van der Waals surface area contributed by atoms with Crippen molar-refractivity contribution in [3.63, 3.8) is 0 Å². The molecule has 1 N–H and O–H groups in total. The highest BCUT2D eigenvalue weighted by atomic mass is 32.1. The third kappa shape index (κ3) is 4.88. The predicted octanol–water partition coefficient (Wildman–Crippen LogP) is 4.02. The van der Waals surface area contributed by atoms with Gasteiger partial charge < -0.3 is 20.0 Å². The maximum atomic E-state index is 12.8. The van der Waals surface area contributed by atoms with Crippen molar-refractivity contribution in [3.8, 4) is 0 Å². The largest absolute Gasteiger partial charge is 0.371 e. The molecular formula is C28H36N8OS. The minimum Gasteiger partial charge on any atom is -0.371 e. The molecule has 5 heterocycles. The third-order valence-electron chi connectivity index (χ3n) is 8.14. The molecule has 0 saturated carbocycles. The molecule has 2 saturated heterocycles. The van der Waals surface area contributed by atoms with E-state index in [1.165, 1.54) is 56.0 Å². The maximum Gasteiger partial charge on any atom is 0.229 e. The first kappa shape index (κ1) is 25.2. The van der Waals surface area contributed by atoms with Crippen molar-refractivity contribution in [2.45, 2.75) is 39.2 Å². The zero-order chi connectivity index (χ0) is 26.4. The van der Waals surface area contributed by atoms with E-state index in [1.54, 1.807) is 6.20 Å². The second-order valence-electron chi connectivity index (χ2n) is 10.8. The van der Waals surface area contributed by atoms with Gasteiger partial charge in [-0.25, -0.2) is 9.97 Å². The number of piperidine rings is 1. The van der Waals surface area contributed by atoms with Gasteiger partial charge in [-0.15, -0.1) is 11.3 Å². The van der Waals surface area contributed by atoms with E-state index < -0.39 is 0 Å². The Morgan fingerprint density at radius 3 is 2.50 bits per heavy atom. The Balaban J connectivity index is 1.14. The highest BCUT2D eigenvalue weighted by Crippen LogP contribution is 2.38. The smallest absolute Gasteiger partial charge is 0.229 e. The summed E-state index contributed by atoms with van der Waals surface area (Å²) < 4.78 is 0. The number of thiazole rings is 1. The van der Waals surface area contributed by atoms with Crippen LogP contribution in [0.2, 0.25) is 0 Å². The summed E-state index contributed by atoms with van der Waals surface area (Å²) in [6, 6.07) is 7.31. The molecule has 1 aromatic carbocycles. The van der Waals surface area contributed by atoms with Crippen molar-refractivity contribution in [2.75, 3.05) is 68.5 Å². The monoisotopic (exact) mass is 532 g/mol. The van der Waals surface area contributed by atoms with Crippen LogP contribution >= 0.6 is 11.3 Å². The number of nitrogens with one attached hydrogen (secondary N) is 1. The highest BCUT2D eigenvalue weighted by molar-refractivity contribution is 7.16. The van der Waals surface area contributed by atoms with Crippen molar-refractivity contribution >= 4 is 45.3 Å². The first-order chi connectivity index (χ1) is 18.4. The molecule has 0 spiro atoms. The lowest BCUT2D eigenvalue weighted by molar-refractivity contribution is 0.0982. The molecule has 0 radical (unpaired) electrons. The van der Waals surface area contributed by atoms with Gasteiger partial charge in [-0.3, -0.25) is 9.69 Å². The lowest BCUT2D eigenvalue weighted by Crippen LogP contribution is -2.52. The average Bonchev–Trinajstić information content (AvgIpc) is 3.29. The van der Waals surface area contributed by atoms with Crippen molar-refractivity contribution in [3.05, 3.63) is 46.2 Å². The van der Waals surface area contributed by atoms with Crippen molar-refractivity contribution in [1.82, 2.24) is 24.8 Å². The Morgan fingerprint density at radius 2 is 1.76 bits per heavy atom.